The SMILES string of the molecule is CCCNCC(C)c1ccc(CN(C)C(C)CCC)cc1. The number of nitrogens with zero attached hydrogens (tertiary/aromatic N) is 1. The van der Waals surface area contributed by atoms with Crippen LogP contribution in [-0.2, 0) is 6.54 Å². The highest BCUT2D eigenvalue weighted by Crippen LogP contribution is 2.17. The van der Waals surface area contributed by atoms with Gasteiger partial charge in [-0.2, -0.15) is 0 Å². The number of nitrogens with one attached hydrogen (secondary N) is 1. The smallest absolute Gasteiger partial charge is 0.0233 e. The average molecular weight is 290 g/mol. The Morgan fingerprint density at radius 2 is 1.71 bits per heavy atom. The number of hydrogen-bond donors (Lipinski definition) is 1. The zero-order valence-corrected chi connectivity index (χ0v) is 14.7. The van der Waals surface area contributed by atoms with E-state index in [0.29, 0.717) is 12.0 Å². The van der Waals surface area contributed by atoms with E-state index in [4.69, 9.17) is 0 Å². The average Bonchev–Trinajstić information content (AvgIpc) is 2.48. The fourth-order valence-electron chi connectivity index (χ4n) is 2.65. The molecule has 1 aromatic carbocycles. The molecule has 0 radical (unpaired) electrons. The minimum atomic E-state index is 0.586. The van der Waals surface area contributed by atoms with Gasteiger partial charge in [0, 0.05) is 19.1 Å². The first-order valence-electron chi connectivity index (χ1n) is 8.58. The second kappa shape index (κ2) is 9.97. The normalized spacial score (nSPS) is 14.4. The molecule has 0 heterocycles. The van der Waals surface area contributed by atoms with Crippen LogP contribution in [-0.4, -0.2) is 31.1 Å². The molecule has 0 aliphatic rings. The molecule has 0 saturated heterocycles. The Morgan fingerprint density at radius 1 is 1.05 bits per heavy atom. The van der Waals surface area contributed by atoms with Crippen LogP contribution in [0.5, 0.6) is 0 Å². The topological polar surface area (TPSA) is 15.3 Å². The highest BCUT2D eigenvalue weighted by atomic mass is 15.1. The lowest BCUT2D eigenvalue weighted by atomic mass is 9.99. The molecule has 0 aliphatic heterocycles. The summed E-state index contributed by atoms with van der Waals surface area (Å²) in [5.74, 6) is 0.586. The van der Waals surface area contributed by atoms with Crippen molar-refractivity contribution in [3.05, 3.63) is 35.4 Å². The van der Waals surface area contributed by atoms with Gasteiger partial charge in [0.1, 0.15) is 0 Å². The highest BCUT2D eigenvalue weighted by Gasteiger charge is 2.09. The zero-order valence-electron chi connectivity index (χ0n) is 14.7. The van der Waals surface area contributed by atoms with Gasteiger partial charge in [0.25, 0.3) is 0 Å². The first-order chi connectivity index (χ1) is 10.1. The first kappa shape index (κ1) is 18.2. The van der Waals surface area contributed by atoms with E-state index in [9.17, 15) is 0 Å². The van der Waals surface area contributed by atoms with Crippen molar-refractivity contribution in [1.82, 2.24) is 10.2 Å². The molecule has 0 aromatic heterocycles. The van der Waals surface area contributed by atoms with E-state index in [2.05, 4.69) is 69.2 Å². The van der Waals surface area contributed by atoms with Crippen LogP contribution in [0, 0.1) is 0 Å². The molecule has 0 amide bonds. The molecule has 1 aromatic rings. The first-order valence-corrected chi connectivity index (χ1v) is 8.58. The molecular weight excluding hydrogens is 256 g/mol. The predicted molar refractivity (Wildman–Crippen MR) is 93.9 cm³/mol. The molecule has 1 N–H and O–H groups in total. The molecule has 2 atom stereocenters. The van der Waals surface area contributed by atoms with Gasteiger partial charge in [0.2, 0.25) is 0 Å². The molecule has 1 rings (SSSR count). The van der Waals surface area contributed by atoms with Crippen LogP contribution in [0.4, 0.5) is 0 Å². The molecular formula is C19H34N2. The number of rotatable bonds is 10. The lowest BCUT2D eigenvalue weighted by Gasteiger charge is -2.24. The lowest BCUT2D eigenvalue weighted by Crippen LogP contribution is -2.28. The fraction of sp³-hybridized carbons (Fsp3) is 0.684. The minimum Gasteiger partial charge on any atom is -0.316 e. The molecule has 0 bridgehead atoms. The van der Waals surface area contributed by atoms with Crippen LogP contribution < -0.4 is 5.32 Å². The van der Waals surface area contributed by atoms with Crippen LogP contribution in [0.3, 0.4) is 0 Å². The molecule has 0 spiro atoms. The fourth-order valence-corrected chi connectivity index (χ4v) is 2.65. The third-order valence-electron chi connectivity index (χ3n) is 4.32. The highest BCUT2D eigenvalue weighted by molar-refractivity contribution is 5.25. The van der Waals surface area contributed by atoms with E-state index < -0.39 is 0 Å². The summed E-state index contributed by atoms with van der Waals surface area (Å²) in [7, 11) is 2.23. The van der Waals surface area contributed by atoms with Crippen LogP contribution in [0.25, 0.3) is 0 Å². The summed E-state index contributed by atoms with van der Waals surface area (Å²) < 4.78 is 0. The monoisotopic (exact) mass is 290 g/mol. The summed E-state index contributed by atoms with van der Waals surface area (Å²) in [6.07, 6.45) is 3.73. The van der Waals surface area contributed by atoms with Gasteiger partial charge < -0.3 is 5.32 Å². The Bertz CT molecular complexity index is 372. The minimum absolute atomic E-state index is 0.586. The van der Waals surface area contributed by atoms with Crippen molar-refractivity contribution in [2.75, 3.05) is 20.1 Å². The zero-order chi connectivity index (χ0) is 15.7. The summed E-state index contributed by atoms with van der Waals surface area (Å²) in [6, 6.07) is 9.84. The van der Waals surface area contributed by atoms with Crippen LogP contribution in [0.15, 0.2) is 24.3 Å². The van der Waals surface area contributed by atoms with Crippen molar-refractivity contribution in [2.45, 2.75) is 65.5 Å². The van der Waals surface area contributed by atoms with E-state index in [1.165, 1.54) is 30.4 Å². The Morgan fingerprint density at radius 3 is 2.29 bits per heavy atom. The standard InChI is InChI=1S/C19H34N2/c1-6-8-17(4)21(5)15-18-9-11-19(12-10-18)16(3)14-20-13-7-2/h9-12,16-17,20H,6-8,13-15H2,1-5H3. The quantitative estimate of drug-likeness (QED) is 0.642. The van der Waals surface area contributed by atoms with Gasteiger partial charge in [-0.05, 0) is 50.4 Å². The van der Waals surface area contributed by atoms with Gasteiger partial charge in [-0.15, -0.1) is 0 Å². The van der Waals surface area contributed by atoms with Gasteiger partial charge in [0.05, 0.1) is 0 Å². The number of hydrogen-bond acceptors (Lipinski definition) is 2. The van der Waals surface area contributed by atoms with Crippen molar-refractivity contribution >= 4 is 0 Å². The van der Waals surface area contributed by atoms with Crippen molar-refractivity contribution in [2.24, 2.45) is 0 Å². The molecule has 21 heavy (non-hydrogen) atoms. The van der Waals surface area contributed by atoms with Crippen molar-refractivity contribution < 1.29 is 0 Å². The van der Waals surface area contributed by atoms with Gasteiger partial charge in [-0.25, -0.2) is 0 Å². The third-order valence-corrected chi connectivity index (χ3v) is 4.32. The Hall–Kier alpha value is -0.860. The maximum atomic E-state index is 3.50. The van der Waals surface area contributed by atoms with E-state index >= 15 is 0 Å². The third kappa shape index (κ3) is 6.62. The summed E-state index contributed by atoms with van der Waals surface area (Å²) in [5.41, 5.74) is 2.85. The van der Waals surface area contributed by atoms with E-state index in [1.54, 1.807) is 0 Å². The summed E-state index contributed by atoms with van der Waals surface area (Å²) >= 11 is 0. The lowest BCUT2D eigenvalue weighted by molar-refractivity contribution is 0.237. The molecule has 2 nitrogen and oxygen atoms in total. The Balaban J connectivity index is 2.49. The molecule has 120 valence electrons. The Labute approximate surface area is 131 Å². The number of benzene rings is 1. The van der Waals surface area contributed by atoms with Crippen LogP contribution in [0.1, 0.15) is 64.0 Å². The molecule has 2 unspecified atom stereocenters. The van der Waals surface area contributed by atoms with Crippen molar-refractivity contribution in [3.8, 4) is 0 Å². The second-order valence-corrected chi connectivity index (χ2v) is 6.40. The van der Waals surface area contributed by atoms with Crippen molar-refractivity contribution in [1.29, 1.82) is 0 Å². The molecule has 0 saturated carbocycles. The predicted octanol–water partition coefficient (Wildman–Crippen LogP) is 4.41. The van der Waals surface area contributed by atoms with Crippen LogP contribution >= 0.6 is 0 Å². The summed E-state index contributed by atoms with van der Waals surface area (Å²) in [6.45, 7) is 12.3. The van der Waals surface area contributed by atoms with E-state index in [-0.39, 0.29) is 0 Å². The second-order valence-electron chi connectivity index (χ2n) is 6.40. The van der Waals surface area contributed by atoms with Crippen molar-refractivity contribution in [3.63, 3.8) is 0 Å². The maximum Gasteiger partial charge on any atom is 0.0233 e. The summed E-state index contributed by atoms with van der Waals surface area (Å²) in [5, 5.41) is 3.50. The Kier molecular flexibility index (Phi) is 8.63. The van der Waals surface area contributed by atoms with Crippen LogP contribution in [0.2, 0.25) is 0 Å². The van der Waals surface area contributed by atoms with E-state index in [0.717, 1.165) is 19.6 Å². The van der Waals surface area contributed by atoms with E-state index in [1.807, 2.05) is 0 Å². The van der Waals surface area contributed by atoms with Gasteiger partial charge in [-0.3, -0.25) is 4.90 Å². The molecule has 2 heteroatoms. The molecule has 0 aliphatic carbocycles. The summed E-state index contributed by atoms with van der Waals surface area (Å²) in [4.78, 5) is 2.45. The largest absolute Gasteiger partial charge is 0.316 e. The van der Waals surface area contributed by atoms with Gasteiger partial charge in [0.15, 0.2) is 0 Å². The molecule has 0 fully saturated rings. The van der Waals surface area contributed by atoms with Gasteiger partial charge >= 0.3 is 0 Å². The maximum absolute atomic E-state index is 3.50. The van der Waals surface area contributed by atoms with Gasteiger partial charge in [-0.1, -0.05) is 51.5 Å².